The van der Waals surface area contributed by atoms with Crippen LogP contribution in [-0.4, -0.2) is 111 Å². The van der Waals surface area contributed by atoms with Gasteiger partial charge in [-0.15, -0.1) is 26.3 Å². The van der Waals surface area contributed by atoms with Gasteiger partial charge in [0.1, 0.15) is 49.4 Å². The van der Waals surface area contributed by atoms with Gasteiger partial charge in [0.05, 0.1) is 0 Å². The summed E-state index contributed by atoms with van der Waals surface area (Å²) in [6.07, 6.45) is 19.3. The maximum Gasteiger partial charge on any atom is 0.377 e. The quantitative estimate of drug-likeness (QED) is 0.0139. The molecule has 4 fully saturated rings. The van der Waals surface area contributed by atoms with Crippen molar-refractivity contribution in [1.82, 2.24) is 20.3 Å². The predicted molar refractivity (Wildman–Crippen MR) is 586 cm³/mol. The minimum Gasteiger partial charge on any atom is -0.489 e. The van der Waals surface area contributed by atoms with Gasteiger partial charge >= 0.3 is 5.97 Å². The Hall–Kier alpha value is -13.6. The van der Waals surface area contributed by atoms with Crippen molar-refractivity contribution >= 4 is 52.5 Å². The molecule has 0 aromatic heterocycles. The Bertz CT molecular complexity index is 6020. The molecule has 16 heteroatoms. The molecule has 0 aliphatic carbocycles. The van der Waals surface area contributed by atoms with E-state index in [2.05, 4.69) is 299 Å². The molecule has 4 saturated heterocycles. The number of hydrogen-bond acceptors (Lipinski definition) is 13. The lowest BCUT2D eigenvalue weighted by Crippen LogP contribution is -2.56. The Labute approximate surface area is 849 Å². The average Bonchev–Trinajstić information content (AvgIpc) is 0.753. The van der Waals surface area contributed by atoms with E-state index in [1.54, 1.807) is 47.4 Å². The summed E-state index contributed by atoms with van der Waals surface area (Å²) in [6.45, 7) is 37.1. The number of nitrogens with one attached hydrogen (secondary N) is 1. The molecule has 0 radical (unpaired) electrons. The molecule has 13 aromatic carbocycles. The first-order valence-corrected chi connectivity index (χ1v) is 51.9. The van der Waals surface area contributed by atoms with Crippen LogP contribution in [-0.2, 0) is 57.7 Å². The molecule has 4 aliphatic rings. The number of carboxylic acids is 1. The Kier molecular flexibility index (Phi) is 40.1. The number of hydroxylamine groups is 4. The lowest BCUT2D eigenvalue weighted by atomic mass is 9.65. The second kappa shape index (κ2) is 52.9. The number of aliphatic carboxylic acids is 1. The molecule has 0 bridgehead atoms. The first kappa shape index (κ1) is 108. The zero-order chi connectivity index (χ0) is 102. The number of carboxylic acid groups (broad SMARTS) is 1. The first-order chi connectivity index (χ1) is 69.1. The number of likely N-dealkylation sites (tertiary alicyclic amines) is 1. The van der Waals surface area contributed by atoms with Gasteiger partial charge in [-0.2, -0.15) is 10.1 Å². The molecule has 13 aromatic rings. The topological polar surface area (TPSA) is 188 Å². The zero-order valence-electron chi connectivity index (χ0n) is 84.4. The Morgan fingerprint density at radius 3 is 0.979 bits per heavy atom. The highest BCUT2D eigenvalue weighted by Crippen LogP contribution is 2.49. The summed E-state index contributed by atoms with van der Waals surface area (Å²) >= 11 is 0. The number of amides is 1. The summed E-state index contributed by atoms with van der Waals surface area (Å²) in [5.41, 5.74) is 10.4. The molecule has 17 rings (SSSR count). The fourth-order valence-electron chi connectivity index (χ4n) is 20.1. The largest absolute Gasteiger partial charge is 0.489 e. The summed E-state index contributed by atoms with van der Waals surface area (Å²) in [6, 6.07) is 124. The number of Topliss-reactive ketones (excluding diaryl/α,β-unsaturated/α-hetero) is 2. The van der Waals surface area contributed by atoms with Crippen molar-refractivity contribution in [2.75, 3.05) is 26.2 Å². The molecule has 12 atom stereocenters. The van der Waals surface area contributed by atoms with Gasteiger partial charge in [-0.1, -0.05) is 408 Å². The number of ketones is 2. The molecule has 15 nitrogen and oxygen atoms in total. The standard InChI is InChI=1S/C31H33NO3.2C23H29NO2.C23H29NO.C19H17P.C8H6O3/c1-4-12-27-20-31(3,23(2)21-32(27)30(34)29(33)25-15-9-6-10-16-25)26-17-11-18-28(19-26)35-22-24-13-7-5-8-14-24;2*1-4-9-22-18(2)23(3,14-15-24(22)25)20-12-8-13-21(16-20)26-17-19-10-6-5-7-11-19;1-4-9-21-15-23(3,18(2)16-24-21)20-12-8-13-22(14-20)25-17-19-10-6-5-7-11-19;1-20(17-11-5-2-6-12-17,18-13-7-3-8-14-18)19-15-9-4-10-16-19;9-7(8(10)11)6-4-2-1-3-5-6/h4-11,13-19,23,27H,1,12,20-22H2,2-3H3;2*4-8,10-13,16,18,22,25H,1,9,14-15,17H2,2-3H3;4-8,10-14,18,21,24H,1,9,15-17H2,2-3H3;2-16H,1H2;1-5H,(H,10,11)/t23-,27-,31+;18-,22+,23+;18-,22-,23+;18-,21-,23+;;/m0000../s1. The van der Waals surface area contributed by atoms with E-state index < -0.39 is 30.3 Å². The maximum absolute atomic E-state index is 13.3. The third-order valence-electron chi connectivity index (χ3n) is 29.8. The molecule has 143 heavy (non-hydrogen) atoms. The van der Waals surface area contributed by atoms with Gasteiger partial charge in [0.25, 0.3) is 11.7 Å². The van der Waals surface area contributed by atoms with Crippen molar-refractivity contribution in [1.29, 1.82) is 0 Å². The van der Waals surface area contributed by atoms with Crippen LogP contribution in [0.5, 0.6) is 23.0 Å². The smallest absolute Gasteiger partial charge is 0.377 e. The average molecular weight is 1930 g/mol. The van der Waals surface area contributed by atoms with E-state index in [-0.39, 0.29) is 51.3 Å². The second-order valence-corrected chi connectivity index (χ2v) is 42.1. The van der Waals surface area contributed by atoms with Crippen LogP contribution in [0.2, 0.25) is 0 Å². The monoisotopic (exact) mass is 1930 g/mol. The van der Waals surface area contributed by atoms with Gasteiger partial charge in [0.2, 0.25) is 5.78 Å². The highest BCUT2D eigenvalue weighted by Gasteiger charge is 2.48. The van der Waals surface area contributed by atoms with Crippen molar-refractivity contribution in [3.63, 3.8) is 0 Å². The normalized spacial score (nSPS) is 21.8. The molecule has 0 unspecified atom stereocenters. The van der Waals surface area contributed by atoms with Gasteiger partial charge in [-0.25, -0.2) is 4.79 Å². The minimum absolute atomic E-state index is 0.000969. The van der Waals surface area contributed by atoms with Gasteiger partial charge in [-0.3, -0.25) is 14.4 Å². The lowest BCUT2D eigenvalue weighted by Gasteiger charge is -2.49. The summed E-state index contributed by atoms with van der Waals surface area (Å²) in [4.78, 5) is 48.9. The van der Waals surface area contributed by atoms with Gasteiger partial charge < -0.3 is 44.7 Å². The SMILES string of the molecule is C=CC[C@@H]1[C@H](C)[C@](C)(c2cccc(OCc3ccccc3)c2)CCN1O.C=CC[C@H]1C[C@@](C)(c2cccc(OCc3ccccc3)c2)[C@@H](C)CN1.C=CC[C@H]1C[C@@](C)(c2cccc(OCc3ccccc3)c2)[C@@H](C)CN1C(=O)C(=O)c1ccccc1.C=CC[C@H]1[C@H](C)[C@](C)(c2cccc(OCc3ccccc3)c2)CCN1O.C=P(c1ccccc1)(c1ccccc1)c1ccccc1.O=C(O)C(=O)c1ccccc1. The van der Waals surface area contributed by atoms with Crippen LogP contribution in [0.15, 0.2) is 421 Å². The first-order valence-electron chi connectivity index (χ1n) is 50.0. The van der Waals surface area contributed by atoms with Crippen LogP contribution in [0.4, 0.5) is 0 Å². The van der Waals surface area contributed by atoms with Crippen molar-refractivity contribution in [2.24, 2.45) is 23.7 Å². The van der Waals surface area contributed by atoms with Crippen LogP contribution in [0.25, 0.3) is 0 Å². The van der Waals surface area contributed by atoms with Gasteiger partial charge in [0, 0.05) is 54.9 Å². The van der Waals surface area contributed by atoms with Crippen LogP contribution in [0, 0.1) is 23.7 Å². The fourth-order valence-corrected chi connectivity index (χ4v) is 23.0. The number of nitrogens with zero attached hydrogens (tertiary/aromatic N) is 3. The molecule has 0 saturated carbocycles. The molecule has 4 N–H and O–H groups in total. The van der Waals surface area contributed by atoms with Crippen LogP contribution < -0.4 is 40.2 Å². The van der Waals surface area contributed by atoms with E-state index in [9.17, 15) is 29.6 Å². The summed E-state index contributed by atoms with van der Waals surface area (Å²) in [5.74, 6) is 1.75. The van der Waals surface area contributed by atoms with E-state index in [0.29, 0.717) is 81.8 Å². The van der Waals surface area contributed by atoms with Gasteiger partial charge in [-0.05, 0) is 219 Å². The number of carbonyl (C=O) groups is 4. The zero-order valence-corrected chi connectivity index (χ0v) is 85.3. The highest BCUT2D eigenvalue weighted by molar-refractivity contribution is 7.93. The molecule has 1 amide bonds. The van der Waals surface area contributed by atoms with E-state index in [1.165, 1.54) is 66.0 Å². The van der Waals surface area contributed by atoms with Crippen molar-refractivity contribution in [2.45, 2.75) is 179 Å². The summed E-state index contributed by atoms with van der Waals surface area (Å²) in [7, 11) is 0. The summed E-state index contributed by atoms with van der Waals surface area (Å²) < 4.78 is 24.2. The van der Waals surface area contributed by atoms with E-state index >= 15 is 0 Å². The molecule has 742 valence electrons. The van der Waals surface area contributed by atoms with Crippen molar-refractivity contribution in [3.05, 3.63) is 476 Å². The molecule has 4 aliphatic heterocycles. The lowest BCUT2D eigenvalue weighted by molar-refractivity contribution is -0.171. The Morgan fingerprint density at radius 1 is 0.371 bits per heavy atom. The van der Waals surface area contributed by atoms with E-state index in [1.807, 2.05) is 127 Å². The number of ether oxygens (including phenoxy) is 4. The third-order valence-corrected chi connectivity index (χ3v) is 33.3. The third kappa shape index (κ3) is 28.7. The number of piperidine rings is 4. The molecular weight excluding hydrogens is 1790 g/mol. The van der Waals surface area contributed by atoms with E-state index in [0.717, 1.165) is 91.2 Å². The van der Waals surface area contributed by atoms with E-state index in [4.69, 9.17) is 30.4 Å². The predicted octanol–water partition coefficient (Wildman–Crippen LogP) is 26.1. The number of carbonyl (C=O) groups excluding carboxylic acids is 3. The molecule has 4 heterocycles. The second-order valence-electron chi connectivity index (χ2n) is 39.0. The highest BCUT2D eigenvalue weighted by atomic mass is 31.2. The molecule has 0 spiro atoms. The molecular formula is C127H143N4O11P. The van der Waals surface area contributed by atoms with Gasteiger partial charge in [0.15, 0.2) is 0 Å². The van der Waals surface area contributed by atoms with Crippen LogP contribution >= 0.6 is 6.89 Å². The Balaban J connectivity index is 0.000000157. The maximum atomic E-state index is 13.3. The Morgan fingerprint density at radius 2 is 0.664 bits per heavy atom. The minimum atomic E-state index is -1.78. The number of benzene rings is 13. The number of rotatable bonds is 31. The van der Waals surface area contributed by atoms with Crippen molar-refractivity contribution in [3.8, 4) is 23.0 Å². The van der Waals surface area contributed by atoms with Crippen molar-refractivity contribution < 1.29 is 53.6 Å². The van der Waals surface area contributed by atoms with Crippen LogP contribution in [0.3, 0.4) is 0 Å². The fraction of sp³-hybridized carbons (Fsp3) is 0.283. The summed E-state index contributed by atoms with van der Waals surface area (Å²) in [5, 5.41) is 39.4. The van der Waals surface area contributed by atoms with Crippen LogP contribution in [0.1, 0.15) is 172 Å². The number of hydrogen-bond donors (Lipinski definition) is 4.